The van der Waals surface area contributed by atoms with Gasteiger partial charge in [-0.2, -0.15) is 0 Å². The molecule has 6 heteroatoms. The quantitative estimate of drug-likeness (QED) is 0.405. The molecular weight excluding hydrogens is 298 g/mol. The van der Waals surface area contributed by atoms with Gasteiger partial charge in [-0.3, -0.25) is 0 Å². The highest BCUT2D eigenvalue weighted by molar-refractivity contribution is 5.93. The molecule has 0 aliphatic carbocycles. The summed E-state index contributed by atoms with van der Waals surface area (Å²) < 4.78 is 8.82. The summed E-state index contributed by atoms with van der Waals surface area (Å²) in [4.78, 5) is 21.5. The molecule has 0 bridgehead atoms. The minimum Gasteiger partial charge on any atom is -0.507 e. The van der Waals surface area contributed by atoms with Crippen LogP contribution in [0.2, 0.25) is 0 Å². The number of para-hydroxylation sites is 2. The van der Waals surface area contributed by atoms with E-state index in [1.807, 2.05) is 6.07 Å². The van der Waals surface area contributed by atoms with Crippen LogP contribution >= 0.6 is 0 Å². The molecule has 116 valence electrons. The van der Waals surface area contributed by atoms with Crippen LogP contribution in [-0.2, 0) is 9.53 Å². The van der Waals surface area contributed by atoms with Crippen LogP contribution in [0, 0.1) is 11.5 Å². The zero-order valence-electron chi connectivity index (χ0n) is 12.0. The average molecular weight is 311 g/mol. The number of nitrogens with zero attached hydrogens (tertiary/aromatic N) is 1. The lowest BCUT2D eigenvalue weighted by Crippen LogP contribution is -2.08. The maximum Gasteiger partial charge on any atom is 0.347 e. The Kier molecular flexibility index (Phi) is 7.11. The van der Waals surface area contributed by atoms with Gasteiger partial charge >= 0.3 is 11.9 Å². The zero-order chi connectivity index (χ0) is 17.1. The van der Waals surface area contributed by atoms with E-state index in [-0.39, 0.29) is 11.3 Å². The van der Waals surface area contributed by atoms with Crippen LogP contribution in [0.3, 0.4) is 0 Å². The van der Waals surface area contributed by atoms with Gasteiger partial charge in [-0.15, -0.1) is 5.26 Å². The molecule has 1 N–H and O–H groups in total. The van der Waals surface area contributed by atoms with Gasteiger partial charge in [-0.1, -0.05) is 36.9 Å². The first-order chi connectivity index (χ1) is 11.1. The number of aromatic hydroxyl groups is 1. The minimum absolute atomic E-state index is 0.0802. The number of hydrogen-bond donors (Lipinski definition) is 1. The largest absolute Gasteiger partial charge is 0.507 e. The van der Waals surface area contributed by atoms with E-state index in [0.717, 1.165) is 6.08 Å². The number of nitriles is 1. The molecule has 0 amide bonds. The van der Waals surface area contributed by atoms with E-state index >= 15 is 0 Å². The average Bonchev–Trinajstić information content (AvgIpc) is 2.57. The third kappa shape index (κ3) is 6.14. The van der Waals surface area contributed by atoms with Crippen molar-refractivity contribution < 1.29 is 24.2 Å². The third-order valence-electron chi connectivity index (χ3n) is 2.39. The second-order valence-corrected chi connectivity index (χ2v) is 3.94. The predicted molar refractivity (Wildman–Crippen MR) is 81.4 cm³/mol. The lowest BCUT2D eigenvalue weighted by atomic mass is 10.2. The maximum atomic E-state index is 11.7. The molecule has 0 saturated heterocycles. The number of ether oxygens (including phenoxy) is 2. The summed E-state index contributed by atoms with van der Waals surface area (Å²) in [5.74, 6) is -0.911. The van der Waals surface area contributed by atoms with Gasteiger partial charge in [0.05, 0.1) is 0 Å². The number of phenols is 1. The second-order valence-electron chi connectivity index (χ2n) is 3.94. The van der Waals surface area contributed by atoms with Crippen LogP contribution in [0.1, 0.15) is 10.4 Å². The Morgan fingerprint density at radius 1 is 1.09 bits per heavy atom. The SMILES string of the molecule is C=CC(=O)OC#N.O=C(Oc1ccccc1)c1ccccc1O. The number of hydrogen-bond acceptors (Lipinski definition) is 6. The van der Waals surface area contributed by atoms with Crippen molar-refractivity contribution in [2.45, 2.75) is 0 Å². The van der Waals surface area contributed by atoms with E-state index in [2.05, 4.69) is 11.3 Å². The summed E-state index contributed by atoms with van der Waals surface area (Å²) in [6.45, 7) is 3.05. The minimum atomic E-state index is -0.720. The number of carbonyl (C=O) groups is 2. The molecule has 2 aromatic carbocycles. The smallest absolute Gasteiger partial charge is 0.347 e. The summed E-state index contributed by atoms with van der Waals surface area (Å²) >= 11 is 0. The van der Waals surface area contributed by atoms with Crippen molar-refractivity contribution in [1.82, 2.24) is 0 Å². The highest BCUT2D eigenvalue weighted by Crippen LogP contribution is 2.18. The highest BCUT2D eigenvalue weighted by Gasteiger charge is 2.12. The first-order valence-electron chi connectivity index (χ1n) is 6.36. The fourth-order valence-electron chi connectivity index (χ4n) is 1.38. The van der Waals surface area contributed by atoms with E-state index < -0.39 is 11.9 Å². The molecule has 2 rings (SSSR count). The van der Waals surface area contributed by atoms with Gasteiger partial charge in [0.15, 0.2) is 0 Å². The molecule has 0 atom stereocenters. The highest BCUT2D eigenvalue weighted by atomic mass is 16.5. The van der Waals surface area contributed by atoms with Gasteiger partial charge in [0.1, 0.15) is 17.1 Å². The molecular formula is C17H13NO5. The van der Waals surface area contributed by atoms with Crippen LogP contribution in [-0.4, -0.2) is 17.0 Å². The number of esters is 2. The Bertz CT molecular complexity index is 719. The zero-order valence-corrected chi connectivity index (χ0v) is 12.0. The monoisotopic (exact) mass is 311 g/mol. The Balaban J connectivity index is 0.000000322. The standard InChI is InChI=1S/C13H10O3.C4H3NO2/c14-12-9-5-4-8-11(12)13(15)16-10-6-2-1-3-7-10;1-2-4(6)7-3-5/h1-9,14H;2H,1H2. The lowest BCUT2D eigenvalue weighted by Gasteiger charge is -2.04. The summed E-state index contributed by atoms with van der Waals surface area (Å²) in [7, 11) is 0. The van der Waals surface area contributed by atoms with Crippen LogP contribution in [0.25, 0.3) is 0 Å². The van der Waals surface area contributed by atoms with Crippen LogP contribution in [0.5, 0.6) is 11.5 Å². The third-order valence-corrected chi connectivity index (χ3v) is 2.39. The van der Waals surface area contributed by atoms with Gasteiger partial charge < -0.3 is 14.6 Å². The summed E-state index contributed by atoms with van der Waals surface area (Å²) in [5.41, 5.74) is 0.159. The predicted octanol–water partition coefficient (Wildman–Crippen LogP) is 2.81. The molecule has 0 fully saturated rings. The van der Waals surface area contributed by atoms with E-state index in [1.54, 1.807) is 36.4 Å². The molecule has 0 saturated carbocycles. The summed E-state index contributed by atoms with van der Waals surface area (Å²) in [6, 6.07) is 15.0. The van der Waals surface area contributed by atoms with Gasteiger partial charge in [0, 0.05) is 6.08 Å². The topological polar surface area (TPSA) is 96.6 Å². The van der Waals surface area contributed by atoms with Crippen molar-refractivity contribution in [2.75, 3.05) is 0 Å². The van der Waals surface area contributed by atoms with Gasteiger partial charge in [0.25, 0.3) is 6.26 Å². The normalized spacial score (nSPS) is 8.65. The van der Waals surface area contributed by atoms with Gasteiger partial charge in [0.2, 0.25) is 0 Å². The molecule has 0 heterocycles. The fourth-order valence-corrected chi connectivity index (χ4v) is 1.38. The Hall–Kier alpha value is -3.59. The lowest BCUT2D eigenvalue weighted by molar-refractivity contribution is -0.131. The van der Waals surface area contributed by atoms with E-state index in [0.29, 0.717) is 5.75 Å². The second kappa shape index (κ2) is 9.37. The van der Waals surface area contributed by atoms with Crippen molar-refractivity contribution in [2.24, 2.45) is 0 Å². The van der Waals surface area contributed by atoms with Crippen molar-refractivity contribution in [3.8, 4) is 17.8 Å². The first kappa shape index (κ1) is 17.5. The number of benzene rings is 2. The van der Waals surface area contributed by atoms with Crippen molar-refractivity contribution in [3.05, 3.63) is 72.8 Å². The Labute approximate surface area is 132 Å². The fraction of sp³-hybridized carbons (Fsp3) is 0. The molecule has 23 heavy (non-hydrogen) atoms. The van der Waals surface area contributed by atoms with Crippen LogP contribution in [0.4, 0.5) is 0 Å². The van der Waals surface area contributed by atoms with Gasteiger partial charge in [-0.05, 0) is 24.3 Å². The van der Waals surface area contributed by atoms with Crippen molar-refractivity contribution >= 4 is 11.9 Å². The van der Waals surface area contributed by atoms with E-state index in [1.165, 1.54) is 18.4 Å². The number of carbonyl (C=O) groups excluding carboxylic acids is 2. The van der Waals surface area contributed by atoms with E-state index in [9.17, 15) is 14.7 Å². The molecule has 0 aliphatic heterocycles. The Morgan fingerprint density at radius 3 is 2.22 bits per heavy atom. The molecule has 0 radical (unpaired) electrons. The van der Waals surface area contributed by atoms with Crippen LogP contribution < -0.4 is 4.74 Å². The number of phenolic OH excluding ortho intramolecular Hbond substituents is 1. The molecule has 2 aromatic rings. The van der Waals surface area contributed by atoms with Crippen molar-refractivity contribution in [1.29, 1.82) is 5.26 Å². The molecule has 0 unspecified atom stereocenters. The van der Waals surface area contributed by atoms with Crippen LogP contribution in [0.15, 0.2) is 67.3 Å². The molecule has 0 aliphatic rings. The van der Waals surface area contributed by atoms with E-state index in [4.69, 9.17) is 10.00 Å². The molecule has 0 spiro atoms. The number of rotatable bonds is 3. The van der Waals surface area contributed by atoms with Gasteiger partial charge in [-0.25, -0.2) is 9.59 Å². The van der Waals surface area contributed by atoms with Crippen molar-refractivity contribution in [3.63, 3.8) is 0 Å². The maximum absolute atomic E-state index is 11.7. The molecule has 0 aromatic heterocycles. The molecule has 6 nitrogen and oxygen atoms in total. The summed E-state index contributed by atoms with van der Waals surface area (Å²) in [6.07, 6.45) is 2.12. The Morgan fingerprint density at radius 2 is 1.70 bits per heavy atom. The first-order valence-corrected chi connectivity index (χ1v) is 6.36. The summed E-state index contributed by atoms with van der Waals surface area (Å²) in [5, 5.41) is 17.1.